The lowest BCUT2D eigenvalue weighted by Gasteiger charge is -2.06. The zero-order valence-electron chi connectivity index (χ0n) is 14.7. The van der Waals surface area contributed by atoms with Gasteiger partial charge in [-0.1, -0.05) is 17.3 Å². The van der Waals surface area contributed by atoms with Crippen molar-refractivity contribution < 1.29 is 14.7 Å². The Morgan fingerprint density at radius 2 is 1.64 bits per heavy atom. The minimum absolute atomic E-state index is 0.218. The molecule has 1 unspecified atom stereocenters. The van der Waals surface area contributed by atoms with Gasteiger partial charge < -0.3 is 20.4 Å². The molecule has 5 nitrogen and oxygen atoms in total. The van der Waals surface area contributed by atoms with Gasteiger partial charge in [0, 0.05) is 11.6 Å². The lowest BCUT2D eigenvalue weighted by molar-refractivity contribution is 0.318. The highest BCUT2D eigenvalue weighted by atomic mass is 16.5. The standard InChI is InChI=1S/C10H11NO2.C10H13NO/c1-13-8-4-2-7-3-5-10(11-12)9(7)6-8;1-12-8-4-2-7-3-5-10(11)9(7)6-8/h2,4,6,12H,3,5H2,1H3;2,4,6,10H,3,5,11H2,1H3/b11-10+;. The van der Waals surface area contributed by atoms with Gasteiger partial charge >= 0.3 is 0 Å². The molecule has 2 aliphatic carbocycles. The van der Waals surface area contributed by atoms with E-state index in [1.54, 1.807) is 14.2 Å². The molecular weight excluding hydrogens is 316 g/mol. The van der Waals surface area contributed by atoms with Crippen LogP contribution in [0, 0.1) is 0 Å². The molecule has 0 saturated heterocycles. The third kappa shape index (κ3) is 3.61. The Labute approximate surface area is 148 Å². The molecule has 132 valence electrons. The molecule has 25 heavy (non-hydrogen) atoms. The molecule has 0 radical (unpaired) electrons. The summed E-state index contributed by atoms with van der Waals surface area (Å²) in [5, 5.41) is 12.0. The van der Waals surface area contributed by atoms with Gasteiger partial charge in [0.15, 0.2) is 0 Å². The van der Waals surface area contributed by atoms with E-state index in [9.17, 15) is 0 Å². The zero-order valence-corrected chi connectivity index (χ0v) is 14.7. The fourth-order valence-electron chi connectivity index (χ4n) is 3.40. The first-order chi connectivity index (χ1) is 12.2. The smallest absolute Gasteiger partial charge is 0.119 e. The van der Waals surface area contributed by atoms with E-state index in [2.05, 4.69) is 11.2 Å². The molecule has 2 aromatic rings. The van der Waals surface area contributed by atoms with Gasteiger partial charge in [-0.05, 0) is 66.6 Å². The lowest BCUT2D eigenvalue weighted by Crippen LogP contribution is -2.05. The van der Waals surface area contributed by atoms with E-state index in [1.807, 2.05) is 30.3 Å². The van der Waals surface area contributed by atoms with Crippen molar-refractivity contribution >= 4 is 5.71 Å². The molecule has 0 aliphatic heterocycles. The largest absolute Gasteiger partial charge is 0.497 e. The Balaban J connectivity index is 0.000000146. The van der Waals surface area contributed by atoms with Crippen molar-refractivity contribution in [3.8, 4) is 11.5 Å². The van der Waals surface area contributed by atoms with E-state index in [0.717, 1.165) is 48.5 Å². The lowest BCUT2D eigenvalue weighted by atomic mass is 10.1. The highest BCUT2D eigenvalue weighted by Gasteiger charge is 2.19. The Hall–Kier alpha value is -2.53. The molecule has 2 aromatic carbocycles. The van der Waals surface area contributed by atoms with E-state index in [1.165, 1.54) is 16.7 Å². The molecule has 0 saturated carbocycles. The van der Waals surface area contributed by atoms with E-state index < -0.39 is 0 Å². The highest BCUT2D eigenvalue weighted by molar-refractivity contribution is 6.04. The Kier molecular flexibility index (Phi) is 5.24. The Morgan fingerprint density at radius 1 is 0.960 bits per heavy atom. The number of hydrogen-bond acceptors (Lipinski definition) is 5. The van der Waals surface area contributed by atoms with Crippen LogP contribution in [0.2, 0.25) is 0 Å². The molecule has 0 heterocycles. The predicted molar refractivity (Wildman–Crippen MR) is 97.9 cm³/mol. The van der Waals surface area contributed by atoms with E-state index >= 15 is 0 Å². The number of nitrogens with two attached hydrogens (primary N) is 1. The first-order valence-electron chi connectivity index (χ1n) is 8.47. The number of oxime groups is 1. The molecule has 2 aliphatic rings. The van der Waals surface area contributed by atoms with E-state index in [4.69, 9.17) is 20.4 Å². The summed E-state index contributed by atoms with van der Waals surface area (Å²) < 4.78 is 10.2. The third-order valence-electron chi connectivity index (χ3n) is 4.86. The average Bonchev–Trinajstić information content (AvgIpc) is 3.24. The topological polar surface area (TPSA) is 77.1 Å². The third-order valence-corrected chi connectivity index (χ3v) is 4.86. The minimum Gasteiger partial charge on any atom is -0.497 e. The first-order valence-corrected chi connectivity index (χ1v) is 8.47. The summed E-state index contributed by atoms with van der Waals surface area (Å²) in [5.74, 6) is 1.72. The quantitative estimate of drug-likeness (QED) is 0.648. The van der Waals surface area contributed by atoms with Crippen LogP contribution in [-0.4, -0.2) is 25.1 Å². The van der Waals surface area contributed by atoms with Gasteiger partial charge in [0.1, 0.15) is 11.5 Å². The van der Waals surface area contributed by atoms with Gasteiger partial charge in [-0.15, -0.1) is 0 Å². The van der Waals surface area contributed by atoms with Crippen molar-refractivity contribution in [3.05, 3.63) is 58.7 Å². The molecule has 5 heteroatoms. The molecule has 1 atom stereocenters. The van der Waals surface area contributed by atoms with E-state index in [0.29, 0.717) is 0 Å². The summed E-state index contributed by atoms with van der Waals surface area (Å²) in [6.07, 6.45) is 3.96. The zero-order chi connectivity index (χ0) is 17.8. The molecule has 0 bridgehead atoms. The van der Waals surface area contributed by atoms with Gasteiger partial charge in [-0.25, -0.2) is 0 Å². The molecule has 4 rings (SSSR count). The maximum atomic E-state index is 8.72. The monoisotopic (exact) mass is 340 g/mol. The van der Waals surface area contributed by atoms with E-state index in [-0.39, 0.29) is 6.04 Å². The highest BCUT2D eigenvalue weighted by Crippen LogP contribution is 2.31. The van der Waals surface area contributed by atoms with Gasteiger partial charge in [-0.2, -0.15) is 0 Å². The second-order valence-corrected chi connectivity index (χ2v) is 6.28. The van der Waals surface area contributed by atoms with Gasteiger partial charge in [0.05, 0.1) is 19.9 Å². The second kappa shape index (κ2) is 7.57. The number of benzene rings is 2. The van der Waals surface area contributed by atoms with Crippen molar-refractivity contribution in [2.75, 3.05) is 14.2 Å². The average molecular weight is 340 g/mol. The van der Waals surface area contributed by atoms with Crippen molar-refractivity contribution in [2.24, 2.45) is 10.9 Å². The number of hydrogen-bond donors (Lipinski definition) is 2. The van der Waals surface area contributed by atoms with Crippen LogP contribution in [0.15, 0.2) is 41.6 Å². The number of methoxy groups -OCH3 is 2. The van der Waals surface area contributed by atoms with Crippen LogP contribution in [-0.2, 0) is 12.8 Å². The molecule has 0 amide bonds. The van der Waals surface area contributed by atoms with Crippen LogP contribution in [0.1, 0.15) is 41.1 Å². The SMILES string of the molecule is COc1ccc2c(c1)/C(=N/O)CC2.COc1ccc2c(c1)C(N)CC2. The van der Waals surface area contributed by atoms with Crippen LogP contribution >= 0.6 is 0 Å². The van der Waals surface area contributed by atoms with Gasteiger partial charge in [0.2, 0.25) is 0 Å². The maximum absolute atomic E-state index is 8.72. The predicted octanol–water partition coefficient (Wildman–Crippen LogP) is 3.46. The van der Waals surface area contributed by atoms with Crippen LogP contribution in [0.3, 0.4) is 0 Å². The fraction of sp³-hybridized carbons (Fsp3) is 0.350. The summed E-state index contributed by atoms with van der Waals surface area (Å²) in [6.45, 7) is 0. The summed E-state index contributed by atoms with van der Waals surface area (Å²) in [4.78, 5) is 0. The second-order valence-electron chi connectivity index (χ2n) is 6.28. The summed E-state index contributed by atoms with van der Waals surface area (Å²) >= 11 is 0. The molecule has 0 spiro atoms. The van der Waals surface area contributed by atoms with Crippen LogP contribution in [0.4, 0.5) is 0 Å². The van der Waals surface area contributed by atoms with Crippen molar-refractivity contribution in [1.29, 1.82) is 0 Å². The fourth-order valence-corrected chi connectivity index (χ4v) is 3.40. The van der Waals surface area contributed by atoms with Crippen molar-refractivity contribution in [1.82, 2.24) is 0 Å². The van der Waals surface area contributed by atoms with Crippen molar-refractivity contribution in [3.63, 3.8) is 0 Å². The summed E-state index contributed by atoms with van der Waals surface area (Å²) in [7, 11) is 3.31. The molecule has 0 aromatic heterocycles. The van der Waals surface area contributed by atoms with Gasteiger partial charge in [-0.3, -0.25) is 0 Å². The van der Waals surface area contributed by atoms with Crippen LogP contribution in [0.5, 0.6) is 11.5 Å². The molecular formula is C20H24N2O3. The number of rotatable bonds is 2. The number of fused-ring (bicyclic) bond motifs is 2. The molecule has 0 fully saturated rings. The number of nitrogens with zero attached hydrogens (tertiary/aromatic N) is 1. The minimum atomic E-state index is 0.218. The summed E-state index contributed by atoms with van der Waals surface area (Å²) in [5.41, 5.74) is 11.6. The van der Waals surface area contributed by atoms with Crippen LogP contribution in [0.25, 0.3) is 0 Å². The summed E-state index contributed by atoms with van der Waals surface area (Å²) in [6, 6.07) is 12.2. The molecule has 3 N–H and O–H groups in total. The normalized spacial score (nSPS) is 19.0. The Bertz CT molecular complexity index is 787. The van der Waals surface area contributed by atoms with Gasteiger partial charge in [0.25, 0.3) is 0 Å². The maximum Gasteiger partial charge on any atom is 0.119 e. The number of ether oxygens (including phenoxy) is 2. The number of aryl methyl sites for hydroxylation is 2. The first kappa shape index (κ1) is 17.3. The van der Waals surface area contributed by atoms with Crippen LogP contribution < -0.4 is 15.2 Å². The van der Waals surface area contributed by atoms with Crippen molar-refractivity contribution in [2.45, 2.75) is 31.7 Å². The Morgan fingerprint density at radius 3 is 2.32 bits per heavy atom.